The predicted molar refractivity (Wildman–Crippen MR) is 189 cm³/mol. The van der Waals surface area contributed by atoms with Gasteiger partial charge in [0, 0.05) is 47.4 Å². The Morgan fingerprint density at radius 1 is 0.717 bits per heavy atom. The van der Waals surface area contributed by atoms with Crippen LogP contribution in [0.15, 0.2) is 97.1 Å². The molecule has 0 atom stereocenters. The first-order chi connectivity index (χ1) is 22.2. The van der Waals surface area contributed by atoms with Gasteiger partial charge in [-0.25, -0.2) is 0 Å². The zero-order valence-electron chi connectivity index (χ0n) is 27.6. The number of benzene rings is 4. The Kier molecular flexibility index (Phi) is 10.7. The topological polar surface area (TPSA) is 73.4 Å². The minimum Gasteiger partial charge on any atom is -0.481 e. The fraction of sp³-hybridized carbons (Fsp3) is 0.317. The summed E-state index contributed by atoms with van der Waals surface area (Å²) < 4.78 is 0. The van der Waals surface area contributed by atoms with Crippen LogP contribution in [0.5, 0.6) is 0 Å². The summed E-state index contributed by atoms with van der Waals surface area (Å²) in [4.78, 5) is 31.2. The maximum Gasteiger partial charge on any atom is 0.303 e. The van der Waals surface area contributed by atoms with Crippen LogP contribution in [0.3, 0.4) is 0 Å². The SMILES string of the molecule is CC(C)Cc1ccc(CN(Cc2ccc(CC(C)C)cc2)c2cccc(C(=O)c3c(CCCC(=O)O)[nH]c4ccccc34)c2)cc1. The number of ketones is 1. The lowest BCUT2D eigenvalue weighted by Crippen LogP contribution is -2.22. The van der Waals surface area contributed by atoms with Crippen molar-refractivity contribution in [1.29, 1.82) is 0 Å². The van der Waals surface area contributed by atoms with Gasteiger partial charge in [-0.05, 0) is 78.0 Å². The number of carbonyl (C=O) groups is 2. The Bertz CT molecular complexity index is 1710. The second-order valence-corrected chi connectivity index (χ2v) is 13.3. The van der Waals surface area contributed by atoms with E-state index in [-0.39, 0.29) is 12.2 Å². The van der Waals surface area contributed by atoms with E-state index in [4.69, 9.17) is 0 Å². The number of nitrogens with zero attached hydrogens (tertiary/aromatic N) is 1. The predicted octanol–water partition coefficient (Wildman–Crippen LogP) is 9.41. The van der Waals surface area contributed by atoms with Crippen LogP contribution < -0.4 is 4.90 Å². The number of para-hydroxylation sites is 1. The largest absolute Gasteiger partial charge is 0.481 e. The first-order valence-corrected chi connectivity index (χ1v) is 16.5. The molecular formula is C41H46N2O3. The Morgan fingerprint density at radius 2 is 1.28 bits per heavy atom. The molecule has 0 amide bonds. The number of hydrogen-bond donors (Lipinski definition) is 2. The highest BCUT2D eigenvalue weighted by molar-refractivity contribution is 6.17. The Hall–Kier alpha value is -4.64. The van der Waals surface area contributed by atoms with Gasteiger partial charge in [0.2, 0.25) is 0 Å². The molecule has 0 radical (unpaired) electrons. The number of aryl methyl sites for hydroxylation is 1. The molecule has 1 aromatic heterocycles. The number of carboxylic acids is 1. The van der Waals surface area contributed by atoms with E-state index < -0.39 is 5.97 Å². The summed E-state index contributed by atoms with van der Waals surface area (Å²) in [5.74, 6) is 0.328. The minimum absolute atomic E-state index is 0.0550. The number of aromatic nitrogens is 1. The van der Waals surface area contributed by atoms with Gasteiger partial charge >= 0.3 is 5.97 Å². The second-order valence-electron chi connectivity index (χ2n) is 13.3. The molecule has 5 aromatic rings. The molecule has 0 spiro atoms. The van der Waals surface area contributed by atoms with Crippen molar-refractivity contribution < 1.29 is 14.7 Å². The van der Waals surface area contributed by atoms with Crippen LogP contribution in [0.1, 0.15) is 84.4 Å². The number of H-pyrrole nitrogens is 1. The van der Waals surface area contributed by atoms with Gasteiger partial charge in [-0.15, -0.1) is 0 Å². The molecule has 5 heteroatoms. The number of anilines is 1. The number of carboxylic acid groups (broad SMARTS) is 1. The third kappa shape index (κ3) is 8.54. The van der Waals surface area contributed by atoms with E-state index >= 15 is 0 Å². The quantitative estimate of drug-likeness (QED) is 0.115. The molecular weight excluding hydrogens is 568 g/mol. The average Bonchev–Trinajstić information content (AvgIpc) is 3.39. The summed E-state index contributed by atoms with van der Waals surface area (Å²) >= 11 is 0. The minimum atomic E-state index is -0.832. The van der Waals surface area contributed by atoms with Crippen LogP contribution in [0.4, 0.5) is 5.69 Å². The summed E-state index contributed by atoms with van der Waals surface area (Å²) in [6, 6.07) is 33.6. The van der Waals surface area contributed by atoms with Crippen LogP contribution in [0.2, 0.25) is 0 Å². The van der Waals surface area contributed by atoms with Gasteiger partial charge in [-0.2, -0.15) is 0 Å². The van der Waals surface area contributed by atoms with Crippen LogP contribution in [0, 0.1) is 11.8 Å². The molecule has 2 N–H and O–H groups in total. The molecule has 5 nitrogen and oxygen atoms in total. The van der Waals surface area contributed by atoms with E-state index in [1.165, 1.54) is 22.3 Å². The molecule has 0 saturated carbocycles. The van der Waals surface area contributed by atoms with Crippen LogP contribution in [-0.4, -0.2) is 21.8 Å². The maximum absolute atomic E-state index is 14.2. The van der Waals surface area contributed by atoms with Gasteiger partial charge < -0.3 is 15.0 Å². The average molecular weight is 615 g/mol. The van der Waals surface area contributed by atoms with Gasteiger partial charge in [-0.1, -0.05) is 107 Å². The summed E-state index contributed by atoms with van der Waals surface area (Å²) in [5, 5.41) is 10.1. The number of carbonyl (C=O) groups excluding carboxylic acids is 1. The normalized spacial score (nSPS) is 11.4. The molecule has 0 saturated heterocycles. The maximum atomic E-state index is 14.2. The van der Waals surface area contributed by atoms with Crippen LogP contribution >= 0.6 is 0 Å². The highest BCUT2D eigenvalue weighted by Gasteiger charge is 2.21. The van der Waals surface area contributed by atoms with Crippen molar-refractivity contribution in [1.82, 2.24) is 4.98 Å². The van der Waals surface area contributed by atoms with Crippen molar-refractivity contribution in [2.75, 3.05) is 4.90 Å². The number of rotatable bonds is 15. The van der Waals surface area contributed by atoms with Crippen molar-refractivity contribution in [3.8, 4) is 0 Å². The smallest absolute Gasteiger partial charge is 0.303 e. The number of aliphatic carboxylic acids is 1. The Labute approximate surface area is 273 Å². The molecule has 46 heavy (non-hydrogen) atoms. The summed E-state index contributed by atoms with van der Waals surface area (Å²) in [5.41, 5.74) is 9.03. The van der Waals surface area contributed by atoms with Gasteiger partial charge in [0.05, 0.1) is 5.56 Å². The molecule has 0 unspecified atom stereocenters. The number of aromatic amines is 1. The van der Waals surface area contributed by atoms with Gasteiger partial charge in [-0.3, -0.25) is 9.59 Å². The molecule has 0 aliphatic carbocycles. The molecule has 0 fully saturated rings. The summed E-state index contributed by atoms with van der Waals surface area (Å²) in [6.07, 6.45) is 3.13. The van der Waals surface area contributed by atoms with E-state index in [9.17, 15) is 14.7 Å². The van der Waals surface area contributed by atoms with E-state index in [1.807, 2.05) is 42.5 Å². The standard InChI is InChI=1S/C41H46N2O3/c1-28(2)23-30-15-19-32(20-16-30)26-43(27-33-21-17-31(18-22-33)24-29(3)4)35-10-7-9-34(25-35)41(46)40-36-11-5-6-12-37(36)42-38(40)13-8-14-39(44)45/h5-7,9-12,15-22,25,28-29,42H,8,13-14,23-24,26-27H2,1-4H3,(H,44,45). The molecule has 0 aliphatic rings. The van der Waals surface area contributed by atoms with Gasteiger partial charge in [0.1, 0.15) is 0 Å². The van der Waals surface area contributed by atoms with Crippen molar-refractivity contribution in [3.05, 3.63) is 136 Å². The van der Waals surface area contributed by atoms with E-state index in [1.54, 1.807) is 0 Å². The highest BCUT2D eigenvalue weighted by Crippen LogP contribution is 2.29. The van der Waals surface area contributed by atoms with E-state index in [2.05, 4.69) is 92.2 Å². The second kappa shape index (κ2) is 15.1. The third-order valence-electron chi connectivity index (χ3n) is 8.38. The lowest BCUT2D eigenvalue weighted by molar-refractivity contribution is -0.137. The van der Waals surface area contributed by atoms with E-state index in [0.29, 0.717) is 48.9 Å². The lowest BCUT2D eigenvalue weighted by atomic mass is 9.97. The first-order valence-electron chi connectivity index (χ1n) is 16.5. The Morgan fingerprint density at radius 3 is 1.85 bits per heavy atom. The van der Waals surface area contributed by atoms with Crippen molar-refractivity contribution >= 4 is 28.3 Å². The molecule has 0 aliphatic heterocycles. The van der Waals surface area contributed by atoms with Crippen LogP contribution in [0.25, 0.3) is 10.9 Å². The van der Waals surface area contributed by atoms with Crippen molar-refractivity contribution in [2.24, 2.45) is 11.8 Å². The number of fused-ring (bicyclic) bond motifs is 1. The third-order valence-corrected chi connectivity index (χ3v) is 8.38. The van der Waals surface area contributed by atoms with Gasteiger partial charge in [0.15, 0.2) is 5.78 Å². The molecule has 4 aromatic carbocycles. The van der Waals surface area contributed by atoms with Crippen molar-refractivity contribution in [2.45, 2.75) is 72.9 Å². The fourth-order valence-corrected chi connectivity index (χ4v) is 6.23. The molecule has 5 rings (SSSR count). The summed E-state index contributed by atoms with van der Waals surface area (Å²) in [6.45, 7) is 10.4. The lowest BCUT2D eigenvalue weighted by Gasteiger charge is -2.26. The highest BCUT2D eigenvalue weighted by atomic mass is 16.4. The van der Waals surface area contributed by atoms with Crippen LogP contribution in [-0.2, 0) is 37.1 Å². The van der Waals surface area contributed by atoms with Gasteiger partial charge in [0.25, 0.3) is 0 Å². The Balaban J connectivity index is 1.47. The zero-order valence-corrected chi connectivity index (χ0v) is 27.6. The number of nitrogens with one attached hydrogen (secondary N) is 1. The number of hydrogen-bond acceptors (Lipinski definition) is 3. The zero-order chi connectivity index (χ0) is 32.6. The molecule has 1 heterocycles. The molecule has 0 bridgehead atoms. The summed E-state index contributed by atoms with van der Waals surface area (Å²) in [7, 11) is 0. The first kappa shape index (κ1) is 32.7. The fourth-order valence-electron chi connectivity index (χ4n) is 6.23. The monoisotopic (exact) mass is 614 g/mol. The molecule has 238 valence electrons. The van der Waals surface area contributed by atoms with E-state index in [0.717, 1.165) is 35.1 Å². The van der Waals surface area contributed by atoms with Crippen molar-refractivity contribution in [3.63, 3.8) is 0 Å².